The summed E-state index contributed by atoms with van der Waals surface area (Å²) in [4.78, 5) is 23.8. The van der Waals surface area contributed by atoms with E-state index >= 15 is 0 Å². The van der Waals surface area contributed by atoms with Crippen LogP contribution in [0, 0.1) is 11.8 Å². The van der Waals surface area contributed by atoms with Crippen LogP contribution >= 0.6 is 0 Å². The molecule has 192 valence electrons. The molecule has 0 atom stereocenters. The summed E-state index contributed by atoms with van der Waals surface area (Å²) >= 11 is 0. The number of rotatable bonds is 8. The molecule has 0 saturated heterocycles. The number of carbonyl (C=O) groups excluding carboxylic acids is 1. The molecule has 0 bridgehead atoms. The van der Waals surface area contributed by atoms with Gasteiger partial charge in [-0.2, -0.15) is 4.98 Å². The van der Waals surface area contributed by atoms with E-state index in [0.717, 1.165) is 55.0 Å². The lowest BCUT2D eigenvalue weighted by Gasteiger charge is -2.29. The molecule has 2 aromatic carbocycles. The normalized spacial score (nSPS) is 18.0. The molecule has 36 heavy (non-hydrogen) atoms. The predicted molar refractivity (Wildman–Crippen MR) is 133 cm³/mol. The maximum atomic E-state index is 12.6. The van der Waals surface area contributed by atoms with Gasteiger partial charge in [-0.05, 0) is 61.8 Å². The number of benzene rings is 2. The van der Waals surface area contributed by atoms with E-state index in [1.807, 2.05) is 43.3 Å². The Balaban J connectivity index is 1.26. The van der Waals surface area contributed by atoms with Crippen molar-refractivity contribution in [3.8, 4) is 5.75 Å². The number of halogens is 3. The lowest BCUT2D eigenvalue weighted by atomic mass is 9.82. The Labute approximate surface area is 208 Å². The number of carbonyl (C=O) groups is 1. The standard InChI is InChI=1S/C26H30F3N5O2/c1-34(2)23-19-7-3-5-9-21(19)32-25(33-23)31-16-18-13-11-17(12-14-18)15-30-24(35)20-8-4-6-10-22(20)36-26(27,28)29/h3-10,17-18H,11-16H2,1-2H3,(H,30,35)(H,31,32,33). The third-order valence-electron chi connectivity index (χ3n) is 6.43. The molecule has 2 N–H and O–H groups in total. The highest BCUT2D eigenvalue weighted by Crippen LogP contribution is 2.30. The molecule has 1 fully saturated rings. The topological polar surface area (TPSA) is 79.4 Å². The number of amides is 1. The zero-order valence-corrected chi connectivity index (χ0v) is 20.3. The smallest absolute Gasteiger partial charge is 0.405 e. The molecule has 4 rings (SSSR count). The minimum absolute atomic E-state index is 0.125. The summed E-state index contributed by atoms with van der Waals surface area (Å²) in [5, 5.41) is 7.17. The van der Waals surface area contributed by atoms with Gasteiger partial charge in [-0.15, -0.1) is 13.2 Å². The second-order valence-electron chi connectivity index (χ2n) is 9.30. The fourth-order valence-corrected chi connectivity index (χ4v) is 4.56. The van der Waals surface area contributed by atoms with Gasteiger partial charge in [-0.3, -0.25) is 4.79 Å². The highest BCUT2D eigenvalue weighted by molar-refractivity contribution is 5.96. The molecule has 1 aliphatic carbocycles. The Morgan fingerprint density at radius 1 is 0.972 bits per heavy atom. The third-order valence-corrected chi connectivity index (χ3v) is 6.43. The van der Waals surface area contributed by atoms with Gasteiger partial charge in [-0.1, -0.05) is 24.3 Å². The molecule has 1 heterocycles. The average molecular weight is 502 g/mol. The predicted octanol–water partition coefficient (Wildman–Crippen LogP) is 5.24. The molecule has 0 aliphatic heterocycles. The van der Waals surface area contributed by atoms with E-state index in [0.29, 0.717) is 18.4 Å². The van der Waals surface area contributed by atoms with E-state index < -0.39 is 18.0 Å². The van der Waals surface area contributed by atoms with Crippen molar-refractivity contribution in [2.24, 2.45) is 11.8 Å². The maximum absolute atomic E-state index is 12.6. The summed E-state index contributed by atoms with van der Waals surface area (Å²) in [5.41, 5.74) is 0.764. The van der Waals surface area contributed by atoms with Crippen LogP contribution in [0.25, 0.3) is 10.9 Å². The Morgan fingerprint density at radius 3 is 2.31 bits per heavy atom. The van der Waals surface area contributed by atoms with Gasteiger partial charge in [0.05, 0.1) is 11.1 Å². The van der Waals surface area contributed by atoms with Crippen LogP contribution in [-0.2, 0) is 0 Å². The zero-order valence-electron chi connectivity index (χ0n) is 20.3. The number of aromatic nitrogens is 2. The SMILES string of the molecule is CN(C)c1nc(NCC2CCC(CNC(=O)c3ccccc3OC(F)(F)F)CC2)nc2ccccc12. The van der Waals surface area contributed by atoms with Crippen molar-refractivity contribution in [2.75, 3.05) is 37.4 Å². The number of ether oxygens (including phenoxy) is 1. The molecule has 3 aromatic rings. The first-order valence-electron chi connectivity index (χ1n) is 12.0. The summed E-state index contributed by atoms with van der Waals surface area (Å²) in [6.07, 6.45) is -1.04. The van der Waals surface area contributed by atoms with Crippen LogP contribution in [0.2, 0.25) is 0 Å². The number of nitrogens with zero attached hydrogens (tertiary/aromatic N) is 3. The van der Waals surface area contributed by atoms with Crippen molar-refractivity contribution in [3.05, 3.63) is 54.1 Å². The quantitative estimate of drug-likeness (QED) is 0.439. The highest BCUT2D eigenvalue weighted by Gasteiger charge is 2.33. The van der Waals surface area contributed by atoms with Crippen molar-refractivity contribution in [2.45, 2.75) is 32.0 Å². The summed E-state index contributed by atoms with van der Waals surface area (Å²) in [6, 6.07) is 13.3. The summed E-state index contributed by atoms with van der Waals surface area (Å²) in [7, 11) is 3.92. The summed E-state index contributed by atoms with van der Waals surface area (Å²) in [5.74, 6) is 1.14. The molecular weight excluding hydrogens is 471 g/mol. The Kier molecular flexibility index (Phi) is 7.81. The van der Waals surface area contributed by atoms with Gasteiger partial charge in [0.1, 0.15) is 11.6 Å². The second-order valence-corrected chi connectivity index (χ2v) is 9.30. The maximum Gasteiger partial charge on any atom is 0.573 e. The van der Waals surface area contributed by atoms with Crippen molar-refractivity contribution in [1.82, 2.24) is 15.3 Å². The zero-order chi connectivity index (χ0) is 25.7. The number of hydrogen-bond acceptors (Lipinski definition) is 6. The van der Waals surface area contributed by atoms with Crippen LogP contribution in [0.5, 0.6) is 5.75 Å². The Morgan fingerprint density at radius 2 is 1.61 bits per heavy atom. The largest absolute Gasteiger partial charge is 0.573 e. The summed E-state index contributed by atoms with van der Waals surface area (Å²) < 4.78 is 41.9. The van der Waals surface area contributed by atoms with Crippen LogP contribution in [0.4, 0.5) is 24.9 Å². The molecule has 1 saturated carbocycles. The Bertz CT molecular complexity index is 1190. The fraction of sp³-hybridized carbons (Fsp3) is 0.423. The first kappa shape index (κ1) is 25.5. The third kappa shape index (κ3) is 6.56. The van der Waals surface area contributed by atoms with Gasteiger partial charge < -0.3 is 20.3 Å². The molecule has 0 radical (unpaired) electrons. The van der Waals surface area contributed by atoms with Gasteiger partial charge in [-0.25, -0.2) is 4.98 Å². The minimum Gasteiger partial charge on any atom is -0.405 e. The van der Waals surface area contributed by atoms with Gasteiger partial charge in [0.2, 0.25) is 5.95 Å². The number of fused-ring (bicyclic) bond motifs is 1. The van der Waals surface area contributed by atoms with Gasteiger partial charge in [0, 0.05) is 32.6 Å². The van der Waals surface area contributed by atoms with E-state index in [-0.39, 0.29) is 11.5 Å². The second kappa shape index (κ2) is 11.0. The molecule has 0 unspecified atom stereocenters. The molecule has 10 heteroatoms. The van der Waals surface area contributed by atoms with Crippen molar-refractivity contribution in [1.29, 1.82) is 0 Å². The van der Waals surface area contributed by atoms with E-state index in [9.17, 15) is 18.0 Å². The molecule has 1 aromatic heterocycles. The minimum atomic E-state index is -4.85. The lowest BCUT2D eigenvalue weighted by Crippen LogP contribution is -2.33. The summed E-state index contributed by atoms with van der Waals surface area (Å²) in [6.45, 7) is 1.17. The van der Waals surface area contributed by atoms with Gasteiger partial charge >= 0.3 is 6.36 Å². The Hall–Kier alpha value is -3.56. The molecule has 1 amide bonds. The van der Waals surface area contributed by atoms with Gasteiger partial charge in [0.25, 0.3) is 5.91 Å². The van der Waals surface area contributed by atoms with Crippen LogP contribution in [0.1, 0.15) is 36.0 Å². The van der Waals surface area contributed by atoms with Crippen molar-refractivity contribution < 1.29 is 22.7 Å². The molecular formula is C26H30F3N5O2. The average Bonchev–Trinajstić information content (AvgIpc) is 2.85. The van der Waals surface area contributed by atoms with Crippen molar-refractivity contribution in [3.63, 3.8) is 0 Å². The first-order valence-corrected chi connectivity index (χ1v) is 12.0. The molecule has 7 nitrogen and oxygen atoms in total. The van der Waals surface area contributed by atoms with E-state index in [1.165, 1.54) is 18.2 Å². The van der Waals surface area contributed by atoms with E-state index in [1.54, 1.807) is 0 Å². The fourth-order valence-electron chi connectivity index (χ4n) is 4.56. The van der Waals surface area contributed by atoms with Crippen LogP contribution in [0.15, 0.2) is 48.5 Å². The number of nitrogens with one attached hydrogen (secondary N) is 2. The highest BCUT2D eigenvalue weighted by atomic mass is 19.4. The first-order chi connectivity index (χ1) is 17.2. The lowest BCUT2D eigenvalue weighted by molar-refractivity contribution is -0.274. The molecule has 0 spiro atoms. The van der Waals surface area contributed by atoms with Crippen LogP contribution in [-0.4, -0.2) is 49.4 Å². The molecule has 1 aliphatic rings. The van der Waals surface area contributed by atoms with Crippen LogP contribution in [0.3, 0.4) is 0 Å². The van der Waals surface area contributed by atoms with E-state index in [2.05, 4.69) is 25.3 Å². The van der Waals surface area contributed by atoms with Crippen LogP contribution < -0.4 is 20.3 Å². The number of alkyl halides is 3. The monoisotopic (exact) mass is 501 g/mol. The number of hydrogen-bond donors (Lipinski definition) is 2. The number of para-hydroxylation sites is 2. The van der Waals surface area contributed by atoms with Gasteiger partial charge in [0.15, 0.2) is 0 Å². The van der Waals surface area contributed by atoms with E-state index in [4.69, 9.17) is 0 Å². The van der Waals surface area contributed by atoms with Crippen molar-refractivity contribution >= 4 is 28.6 Å². The number of anilines is 2.